The third-order valence-electron chi connectivity index (χ3n) is 4.58. The van der Waals surface area contributed by atoms with E-state index in [2.05, 4.69) is 9.97 Å². The Morgan fingerprint density at radius 2 is 1.68 bits per heavy atom. The first-order valence-electron chi connectivity index (χ1n) is 8.84. The van der Waals surface area contributed by atoms with Crippen LogP contribution in [0.4, 0.5) is 0 Å². The first-order chi connectivity index (χ1) is 13.3. The third kappa shape index (κ3) is 3.54. The predicted octanol–water partition coefficient (Wildman–Crippen LogP) is 4.52. The molecule has 0 saturated heterocycles. The topological polar surface area (TPSA) is 82.2 Å². The largest absolute Gasteiger partial charge is 0.612 e. The number of benzene rings is 1. The summed E-state index contributed by atoms with van der Waals surface area (Å²) in [4.78, 5) is 9.47. The molecule has 6 heteroatoms. The fourth-order valence-corrected chi connectivity index (χ4v) is 3.57. The molecule has 3 aromatic heterocycles. The third-order valence-corrected chi connectivity index (χ3v) is 5.52. The van der Waals surface area contributed by atoms with E-state index in [1.54, 1.807) is 32.5 Å². The van der Waals surface area contributed by atoms with Gasteiger partial charge in [0.25, 0.3) is 0 Å². The molecule has 28 heavy (non-hydrogen) atoms. The molecule has 0 aliphatic carbocycles. The van der Waals surface area contributed by atoms with Crippen LogP contribution in [0.3, 0.4) is 0 Å². The molecule has 5 nitrogen and oxygen atoms in total. The molecule has 1 aromatic carbocycles. The lowest BCUT2D eigenvalue weighted by atomic mass is 10.00. The van der Waals surface area contributed by atoms with E-state index in [-0.39, 0.29) is 0 Å². The maximum atomic E-state index is 11.6. The number of fused-ring (bicyclic) bond motifs is 1. The average molecular weight is 392 g/mol. The van der Waals surface area contributed by atoms with Gasteiger partial charge in [-0.1, -0.05) is 0 Å². The van der Waals surface area contributed by atoms with Gasteiger partial charge < -0.3 is 14.1 Å². The van der Waals surface area contributed by atoms with Crippen LogP contribution in [0.25, 0.3) is 33.6 Å². The van der Waals surface area contributed by atoms with Crippen LogP contribution in [0.15, 0.2) is 70.2 Å². The van der Waals surface area contributed by atoms with Crippen molar-refractivity contribution in [2.45, 2.75) is 24.3 Å². The molecule has 1 atom stereocenters. The highest BCUT2D eigenvalue weighted by molar-refractivity contribution is 7.90. The second-order valence-electron chi connectivity index (χ2n) is 7.15. The van der Waals surface area contributed by atoms with Crippen molar-refractivity contribution >= 4 is 22.3 Å². The first kappa shape index (κ1) is 18.7. The van der Waals surface area contributed by atoms with Crippen LogP contribution in [0.1, 0.15) is 19.5 Å². The first-order valence-corrected chi connectivity index (χ1v) is 10.4. The number of nitrogens with zero attached hydrogens (tertiary/aromatic N) is 2. The Bertz CT molecular complexity index is 1130. The highest BCUT2D eigenvalue weighted by Crippen LogP contribution is 2.34. The highest BCUT2D eigenvalue weighted by atomic mass is 32.2. The van der Waals surface area contributed by atoms with Crippen LogP contribution >= 0.6 is 0 Å². The minimum absolute atomic E-state index is 0.588. The van der Waals surface area contributed by atoms with Gasteiger partial charge in [0, 0.05) is 29.6 Å². The number of aromatic nitrogens is 2. The molecule has 3 heterocycles. The molecule has 0 unspecified atom stereocenters. The van der Waals surface area contributed by atoms with E-state index in [4.69, 9.17) is 4.42 Å². The standard InChI is InChI=1S/C22H20N2O3S/c1-22(2,25)20-12-15(8-10-24-20)17-9-11-23-18-13-19(27-21(17)18)14-4-6-16(7-5-14)28(3)26/h4-13,25H,1-3H3/t28-/m0/s1. The molecule has 0 fully saturated rings. The Kier molecular flexibility index (Phi) is 4.71. The van der Waals surface area contributed by atoms with Crippen molar-refractivity contribution in [1.82, 2.24) is 9.97 Å². The fraction of sp³-hybridized carbons (Fsp3) is 0.182. The van der Waals surface area contributed by atoms with Gasteiger partial charge in [0.2, 0.25) is 0 Å². The molecule has 1 N–H and O–H groups in total. The van der Waals surface area contributed by atoms with Crippen molar-refractivity contribution in [2.24, 2.45) is 0 Å². The van der Waals surface area contributed by atoms with Gasteiger partial charge in [-0.25, -0.2) is 0 Å². The van der Waals surface area contributed by atoms with E-state index in [1.807, 2.05) is 48.5 Å². The monoisotopic (exact) mass is 392 g/mol. The highest BCUT2D eigenvalue weighted by Gasteiger charge is 2.19. The summed E-state index contributed by atoms with van der Waals surface area (Å²) in [6.45, 7) is 3.42. The van der Waals surface area contributed by atoms with Crippen LogP contribution in [-0.4, -0.2) is 25.9 Å². The lowest BCUT2D eigenvalue weighted by Crippen LogP contribution is -2.17. The Balaban J connectivity index is 1.80. The van der Waals surface area contributed by atoms with E-state index in [0.717, 1.165) is 27.1 Å². The summed E-state index contributed by atoms with van der Waals surface area (Å²) in [6.07, 6.45) is 5.08. The summed E-state index contributed by atoms with van der Waals surface area (Å²) in [6, 6.07) is 15.0. The van der Waals surface area contributed by atoms with Crippen LogP contribution < -0.4 is 0 Å². The van der Waals surface area contributed by atoms with E-state index in [0.29, 0.717) is 17.0 Å². The molecular weight excluding hydrogens is 372 g/mol. The molecular formula is C22H20N2O3S. The lowest BCUT2D eigenvalue weighted by Gasteiger charge is -2.17. The minimum atomic E-state index is -1.03. The smallest absolute Gasteiger partial charge is 0.161 e. The van der Waals surface area contributed by atoms with E-state index in [1.165, 1.54) is 0 Å². The Morgan fingerprint density at radius 1 is 0.964 bits per heavy atom. The number of hydrogen-bond donors (Lipinski definition) is 1. The summed E-state index contributed by atoms with van der Waals surface area (Å²) in [5, 5.41) is 10.3. The van der Waals surface area contributed by atoms with Crippen molar-refractivity contribution in [1.29, 1.82) is 0 Å². The second-order valence-corrected chi connectivity index (χ2v) is 8.53. The molecule has 0 saturated carbocycles. The van der Waals surface area contributed by atoms with Gasteiger partial charge in [0.15, 0.2) is 10.5 Å². The van der Waals surface area contributed by atoms with Gasteiger partial charge >= 0.3 is 0 Å². The van der Waals surface area contributed by atoms with Crippen molar-refractivity contribution < 1.29 is 14.1 Å². The SMILES string of the molecule is C[S@+]([O-])c1ccc(-c2cc3nccc(-c4ccnc(C(C)(C)O)c4)c3o2)cc1. The maximum absolute atomic E-state index is 11.6. The molecule has 0 bridgehead atoms. The lowest BCUT2D eigenvalue weighted by molar-refractivity contribution is 0.0739. The minimum Gasteiger partial charge on any atom is -0.612 e. The number of furan rings is 1. The molecule has 0 radical (unpaired) electrons. The Hall–Kier alpha value is -2.67. The van der Waals surface area contributed by atoms with Gasteiger partial charge in [0.1, 0.15) is 23.1 Å². The predicted molar refractivity (Wildman–Crippen MR) is 110 cm³/mol. The molecule has 0 amide bonds. The maximum Gasteiger partial charge on any atom is 0.161 e. The summed E-state index contributed by atoms with van der Waals surface area (Å²) in [7, 11) is 0. The van der Waals surface area contributed by atoms with Crippen LogP contribution in [0, 0.1) is 0 Å². The fourth-order valence-electron chi connectivity index (χ4n) is 3.05. The average Bonchev–Trinajstić information content (AvgIpc) is 3.12. The van der Waals surface area contributed by atoms with E-state index in [9.17, 15) is 9.66 Å². The zero-order valence-corrected chi connectivity index (χ0v) is 16.7. The van der Waals surface area contributed by atoms with Gasteiger partial charge in [-0.2, -0.15) is 0 Å². The van der Waals surface area contributed by atoms with Crippen LogP contribution in [0.2, 0.25) is 0 Å². The molecule has 4 rings (SSSR count). The normalized spacial score (nSPS) is 13.0. The summed E-state index contributed by atoms with van der Waals surface area (Å²) in [5.41, 5.74) is 3.66. The zero-order valence-electron chi connectivity index (χ0n) is 15.8. The molecule has 0 aliphatic heterocycles. The van der Waals surface area contributed by atoms with E-state index < -0.39 is 16.8 Å². The molecule has 4 aromatic rings. The van der Waals surface area contributed by atoms with E-state index >= 15 is 0 Å². The summed E-state index contributed by atoms with van der Waals surface area (Å²) in [5.74, 6) is 0.695. The molecule has 142 valence electrons. The van der Waals surface area contributed by atoms with Crippen molar-refractivity contribution in [3.8, 4) is 22.5 Å². The number of rotatable bonds is 4. The van der Waals surface area contributed by atoms with Crippen molar-refractivity contribution in [3.05, 3.63) is 66.6 Å². The van der Waals surface area contributed by atoms with Gasteiger partial charge in [0.05, 0.1) is 5.69 Å². The second kappa shape index (κ2) is 7.05. The molecule has 0 spiro atoms. The van der Waals surface area contributed by atoms with Gasteiger partial charge in [-0.05, 0) is 73.1 Å². The van der Waals surface area contributed by atoms with Gasteiger partial charge in [-0.15, -0.1) is 0 Å². The summed E-state index contributed by atoms with van der Waals surface area (Å²) >= 11 is -1.02. The number of aliphatic hydroxyl groups is 1. The zero-order chi connectivity index (χ0) is 19.9. The van der Waals surface area contributed by atoms with Crippen molar-refractivity contribution in [3.63, 3.8) is 0 Å². The number of hydrogen-bond acceptors (Lipinski definition) is 5. The Labute approximate surface area is 166 Å². The quantitative estimate of drug-likeness (QED) is 0.516. The van der Waals surface area contributed by atoms with Crippen LogP contribution in [0.5, 0.6) is 0 Å². The van der Waals surface area contributed by atoms with Crippen LogP contribution in [-0.2, 0) is 16.8 Å². The Morgan fingerprint density at radius 3 is 2.36 bits per heavy atom. The van der Waals surface area contributed by atoms with Gasteiger partial charge in [-0.3, -0.25) is 9.97 Å². The van der Waals surface area contributed by atoms with Crippen molar-refractivity contribution in [2.75, 3.05) is 6.26 Å². The molecule has 0 aliphatic rings. The summed E-state index contributed by atoms with van der Waals surface area (Å²) < 4.78 is 17.7. The number of pyridine rings is 2.